The highest BCUT2D eigenvalue weighted by atomic mass is 32.1. The molecule has 0 radical (unpaired) electrons. The van der Waals surface area contributed by atoms with E-state index in [1.807, 2.05) is 49.4 Å². The highest BCUT2D eigenvalue weighted by molar-refractivity contribution is 7.09. The van der Waals surface area contributed by atoms with E-state index in [2.05, 4.69) is 41.8 Å². The van der Waals surface area contributed by atoms with Crippen LogP contribution >= 0.6 is 11.5 Å². The Morgan fingerprint density at radius 2 is 1.94 bits per heavy atom. The van der Waals surface area contributed by atoms with Crippen LogP contribution in [0.1, 0.15) is 16.8 Å². The Balaban J connectivity index is 1.33. The summed E-state index contributed by atoms with van der Waals surface area (Å²) in [7, 11) is 0. The highest BCUT2D eigenvalue weighted by Crippen LogP contribution is 2.27. The molecule has 0 unspecified atom stereocenters. The van der Waals surface area contributed by atoms with E-state index in [1.54, 1.807) is 18.6 Å². The quantitative estimate of drug-likeness (QED) is 0.414. The molecular weight excluding hydrogens is 418 g/mol. The number of hydrogen-bond acceptors (Lipinski definition) is 8. The first-order valence-corrected chi connectivity index (χ1v) is 10.7. The minimum atomic E-state index is 0.467. The molecule has 0 spiro atoms. The lowest BCUT2D eigenvalue weighted by Crippen LogP contribution is -2.03. The fourth-order valence-electron chi connectivity index (χ4n) is 3.42. The van der Waals surface area contributed by atoms with Crippen molar-refractivity contribution >= 4 is 28.4 Å². The minimum Gasteiger partial charge on any atom is -0.349 e. The van der Waals surface area contributed by atoms with Crippen molar-refractivity contribution in [2.45, 2.75) is 13.5 Å². The number of nitrogens with one attached hydrogen (secondary N) is 1. The second-order valence-electron chi connectivity index (χ2n) is 7.23. The summed E-state index contributed by atoms with van der Waals surface area (Å²) >= 11 is 1.34. The van der Waals surface area contributed by atoms with E-state index in [4.69, 9.17) is 0 Å². The Hall–Kier alpha value is -4.22. The van der Waals surface area contributed by atoms with Crippen LogP contribution in [0.25, 0.3) is 32.7 Å². The molecule has 8 heteroatoms. The zero-order valence-electron chi connectivity index (χ0n) is 17.1. The smallest absolute Gasteiger partial charge is 0.235 e. The van der Waals surface area contributed by atoms with Gasteiger partial charge in [0, 0.05) is 47.3 Å². The Bertz CT molecular complexity index is 1470. The molecule has 1 aromatic carbocycles. The van der Waals surface area contributed by atoms with Crippen molar-refractivity contribution in [1.29, 1.82) is 5.26 Å². The van der Waals surface area contributed by atoms with Crippen molar-refractivity contribution in [3.63, 3.8) is 0 Å². The van der Waals surface area contributed by atoms with E-state index in [0.717, 1.165) is 38.3 Å². The number of benzene rings is 1. The van der Waals surface area contributed by atoms with Crippen LogP contribution in [-0.4, -0.2) is 24.3 Å². The largest absolute Gasteiger partial charge is 0.349 e. The number of rotatable bonds is 5. The van der Waals surface area contributed by atoms with Crippen LogP contribution < -0.4 is 5.32 Å². The molecule has 5 aromatic rings. The fraction of sp³-hybridized carbons (Fsp3) is 0.0833. The number of hydrogen-bond donors (Lipinski definition) is 1. The summed E-state index contributed by atoms with van der Waals surface area (Å²) in [6, 6.07) is 17.9. The summed E-state index contributed by atoms with van der Waals surface area (Å²) in [4.78, 5) is 17.7. The van der Waals surface area contributed by atoms with Gasteiger partial charge in [-0.3, -0.25) is 15.0 Å². The van der Waals surface area contributed by atoms with Gasteiger partial charge in [0.25, 0.3) is 0 Å². The first-order chi connectivity index (χ1) is 15.7. The predicted octanol–water partition coefficient (Wildman–Crippen LogP) is 5.00. The van der Waals surface area contributed by atoms with Crippen LogP contribution in [0.2, 0.25) is 0 Å². The molecule has 4 aromatic heterocycles. The fourth-order valence-corrected chi connectivity index (χ4v) is 4.05. The Labute approximate surface area is 188 Å². The lowest BCUT2D eigenvalue weighted by Gasteiger charge is -2.07. The SMILES string of the molecule is Cc1cc(-c2ncc(CNc3nsc(-c4ccc5ncccc5c4)n3)cc2C#N)ccn1. The Morgan fingerprint density at radius 3 is 2.81 bits per heavy atom. The van der Waals surface area contributed by atoms with E-state index >= 15 is 0 Å². The summed E-state index contributed by atoms with van der Waals surface area (Å²) in [6.45, 7) is 2.38. The van der Waals surface area contributed by atoms with Crippen LogP contribution in [0.15, 0.2) is 67.1 Å². The number of aryl methyl sites for hydroxylation is 1. The van der Waals surface area contributed by atoms with Crippen LogP contribution in [-0.2, 0) is 6.54 Å². The van der Waals surface area contributed by atoms with E-state index < -0.39 is 0 Å². The number of pyridine rings is 3. The number of aromatic nitrogens is 5. The van der Waals surface area contributed by atoms with Crippen LogP contribution in [0.3, 0.4) is 0 Å². The van der Waals surface area contributed by atoms with Crippen molar-refractivity contribution < 1.29 is 0 Å². The third kappa shape index (κ3) is 4.02. The standard InChI is InChI=1S/C24H17N7S/c1-15-9-18(6-8-26-15)22-20(12-25)10-16(13-28-22)14-29-24-30-23(32-31-24)19-4-5-21-17(11-19)3-2-7-27-21/h2-11,13H,14H2,1H3,(H,29,31). The Kier molecular flexibility index (Phi) is 5.24. The van der Waals surface area contributed by atoms with Gasteiger partial charge in [-0.15, -0.1) is 0 Å². The van der Waals surface area contributed by atoms with Gasteiger partial charge < -0.3 is 5.32 Å². The van der Waals surface area contributed by atoms with Gasteiger partial charge in [0.05, 0.1) is 16.8 Å². The molecule has 1 N–H and O–H groups in total. The predicted molar refractivity (Wildman–Crippen MR) is 125 cm³/mol. The van der Waals surface area contributed by atoms with Crippen molar-refractivity contribution in [3.05, 3.63) is 83.9 Å². The third-order valence-corrected chi connectivity index (χ3v) is 5.73. The molecule has 0 bridgehead atoms. The van der Waals surface area contributed by atoms with Crippen LogP contribution in [0.5, 0.6) is 0 Å². The lowest BCUT2D eigenvalue weighted by atomic mass is 10.1. The molecule has 0 atom stereocenters. The summed E-state index contributed by atoms with van der Waals surface area (Å²) in [6.07, 6.45) is 5.27. The minimum absolute atomic E-state index is 0.467. The lowest BCUT2D eigenvalue weighted by molar-refractivity contribution is 1.07. The molecule has 154 valence electrons. The van der Waals surface area contributed by atoms with Gasteiger partial charge in [-0.1, -0.05) is 6.07 Å². The molecule has 0 amide bonds. The molecule has 4 heterocycles. The van der Waals surface area contributed by atoms with Gasteiger partial charge >= 0.3 is 0 Å². The first kappa shape index (κ1) is 19.7. The van der Waals surface area contributed by atoms with Gasteiger partial charge in [-0.25, -0.2) is 0 Å². The number of nitrogens with zero attached hydrogens (tertiary/aromatic N) is 6. The molecule has 0 aliphatic carbocycles. The topological polar surface area (TPSA) is 100 Å². The summed E-state index contributed by atoms with van der Waals surface area (Å²) in [5.41, 5.74) is 5.76. The van der Waals surface area contributed by atoms with Crippen molar-refractivity contribution in [2.24, 2.45) is 0 Å². The van der Waals surface area contributed by atoms with Crippen LogP contribution in [0, 0.1) is 18.3 Å². The average molecular weight is 436 g/mol. The van der Waals surface area contributed by atoms with Gasteiger partial charge in [-0.05, 0) is 66.5 Å². The second kappa shape index (κ2) is 8.49. The van der Waals surface area contributed by atoms with Crippen molar-refractivity contribution in [1.82, 2.24) is 24.3 Å². The summed E-state index contributed by atoms with van der Waals surface area (Å²) in [5.74, 6) is 0.545. The molecule has 5 rings (SSSR count). The first-order valence-electron chi connectivity index (χ1n) is 9.94. The number of fused-ring (bicyclic) bond motifs is 1. The van der Waals surface area contributed by atoms with E-state index in [0.29, 0.717) is 23.8 Å². The maximum Gasteiger partial charge on any atom is 0.235 e. The normalized spacial score (nSPS) is 10.8. The molecule has 0 fully saturated rings. The van der Waals surface area contributed by atoms with Crippen molar-refractivity contribution in [3.8, 4) is 27.9 Å². The molecular formula is C24H17N7S. The average Bonchev–Trinajstić information content (AvgIpc) is 3.31. The molecule has 0 aliphatic rings. The molecule has 7 nitrogen and oxygen atoms in total. The Morgan fingerprint density at radius 1 is 1.00 bits per heavy atom. The molecule has 0 saturated carbocycles. The molecule has 0 aliphatic heterocycles. The van der Waals surface area contributed by atoms with E-state index in [1.165, 1.54) is 11.5 Å². The number of anilines is 1. The van der Waals surface area contributed by atoms with E-state index in [9.17, 15) is 5.26 Å². The highest BCUT2D eigenvalue weighted by Gasteiger charge is 2.11. The zero-order valence-corrected chi connectivity index (χ0v) is 18.0. The van der Waals surface area contributed by atoms with Gasteiger partial charge in [0.1, 0.15) is 11.1 Å². The van der Waals surface area contributed by atoms with Gasteiger partial charge in [-0.2, -0.15) is 14.6 Å². The summed E-state index contributed by atoms with van der Waals surface area (Å²) < 4.78 is 4.42. The van der Waals surface area contributed by atoms with Crippen molar-refractivity contribution in [2.75, 3.05) is 5.32 Å². The van der Waals surface area contributed by atoms with Gasteiger partial charge in [0.15, 0.2) is 0 Å². The monoisotopic (exact) mass is 435 g/mol. The van der Waals surface area contributed by atoms with Crippen LogP contribution in [0.4, 0.5) is 5.95 Å². The molecule has 32 heavy (non-hydrogen) atoms. The zero-order chi connectivity index (χ0) is 21.9. The maximum atomic E-state index is 9.61. The molecule has 0 saturated heterocycles. The number of nitriles is 1. The van der Waals surface area contributed by atoms with E-state index in [-0.39, 0.29) is 0 Å². The van der Waals surface area contributed by atoms with Gasteiger partial charge in [0.2, 0.25) is 5.95 Å². The second-order valence-corrected chi connectivity index (χ2v) is 7.98. The third-order valence-electron chi connectivity index (χ3n) is 4.96. The summed E-state index contributed by atoms with van der Waals surface area (Å²) in [5, 5.41) is 14.7. The maximum absolute atomic E-state index is 9.61.